The largest absolute Gasteiger partial charge is 0.493 e. The van der Waals surface area contributed by atoms with E-state index in [1.54, 1.807) is 25.1 Å². The molecule has 1 saturated carbocycles. The minimum Gasteiger partial charge on any atom is -0.493 e. The Labute approximate surface area is 127 Å². The summed E-state index contributed by atoms with van der Waals surface area (Å²) < 4.78 is 10.3. The van der Waals surface area contributed by atoms with E-state index in [0.717, 1.165) is 18.4 Å². The fraction of sp³-hybridized carbons (Fsp3) is 0.400. The van der Waals surface area contributed by atoms with Gasteiger partial charge in [0.25, 0.3) is 0 Å². The van der Waals surface area contributed by atoms with Crippen LogP contribution in [0.3, 0.4) is 0 Å². The number of benzene rings is 1. The van der Waals surface area contributed by atoms with Crippen LogP contribution in [0.5, 0.6) is 11.5 Å². The van der Waals surface area contributed by atoms with E-state index < -0.39 is 12.6 Å². The van der Waals surface area contributed by atoms with Gasteiger partial charge in [0.2, 0.25) is 5.91 Å². The Kier molecular flexibility index (Phi) is 4.98. The van der Waals surface area contributed by atoms with Crippen LogP contribution in [0.1, 0.15) is 25.3 Å². The van der Waals surface area contributed by atoms with Crippen molar-refractivity contribution in [2.24, 2.45) is 11.0 Å². The summed E-state index contributed by atoms with van der Waals surface area (Å²) in [5.41, 5.74) is 3.90. The van der Waals surface area contributed by atoms with Gasteiger partial charge in [-0.05, 0) is 38.0 Å². The van der Waals surface area contributed by atoms with E-state index >= 15 is 0 Å². The van der Waals surface area contributed by atoms with Crippen molar-refractivity contribution in [3.63, 3.8) is 0 Å². The molecule has 0 bridgehead atoms. The maximum absolute atomic E-state index is 11.5. The third-order valence-electron chi connectivity index (χ3n) is 3.21. The van der Waals surface area contributed by atoms with E-state index in [-0.39, 0.29) is 11.8 Å². The predicted octanol–water partition coefficient (Wildman–Crippen LogP) is 1.41. The molecule has 0 saturated heterocycles. The van der Waals surface area contributed by atoms with E-state index in [1.807, 2.05) is 0 Å². The van der Waals surface area contributed by atoms with Crippen LogP contribution in [0.2, 0.25) is 0 Å². The van der Waals surface area contributed by atoms with Gasteiger partial charge < -0.3 is 14.6 Å². The number of hydrogen-bond acceptors (Lipinski definition) is 5. The van der Waals surface area contributed by atoms with Crippen molar-refractivity contribution >= 4 is 17.6 Å². The summed E-state index contributed by atoms with van der Waals surface area (Å²) >= 11 is 0. The van der Waals surface area contributed by atoms with Gasteiger partial charge in [-0.15, -0.1) is 0 Å². The minimum atomic E-state index is -1.06. The number of ether oxygens (including phenoxy) is 2. The Morgan fingerprint density at radius 2 is 2.09 bits per heavy atom. The molecule has 0 heterocycles. The number of carbonyl (C=O) groups excluding carboxylic acids is 1. The first-order valence-corrected chi connectivity index (χ1v) is 6.88. The number of carbonyl (C=O) groups is 2. The molecule has 1 aromatic rings. The molecule has 1 aromatic carbocycles. The van der Waals surface area contributed by atoms with E-state index in [9.17, 15) is 9.59 Å². The van der Waals surface area contributed by atoms with Gasteiger partial charge in [-0.1, -0.05) is 0 Å². The number of hydrazone groups is 1. The molecular formula is C15H18N2O5. The molecular weight excluding hydrogens is 288 g/mol. The third-order valence-corrected chi connectivity index (χ3v) is 3.21. The second kappa shape index (κ2) is 6.93. The number of amides is 1. The molecule has 1 fully saturated rings. The molecule has 0 spiro atoms. The summed E-state index contributed by atoms with van der Waals surface area (Å²) in [5.74, 6) is -0.289. The highest BCUT2D eigenvalue weighted by molar-refractivity contribution is 6.00. The molecule has 2 N–H and O–H groups in total. The van der Waals surface area contributed by atoms with Gasteiger partial charge in [0.1, 0.15) is 0 Å². The first-order valence-electron chi connectivity index (χ1n) is 6.88. The topological polar surface area (TPSA) is 97.2 Å². The first-order chi connectivity index (χ1) is 10.5. The minimum absolute atomic E-state index is 0.0623. The Morgan fingerprint density at radius 3 is 2.68 bits per heavy atom. The normalized spacial score (nSPS) is 14.4. The lowest BCUT2D eigenvalue weighted by molar-refractivity contribution is -0.139. The van der Waals surface area contributed by atoms with Crippen LogP contribution >= 0.6 is 0 Å². The van der Waals surface area contributed by atoms with Crippen molar-refractivity contribution in [1.82, 2.24) is 5.43 Å². The number of aliphatic carboxylic acids is 1. The van der Waals surface area contributed by atoms with Crippen LogP contribution < -0.4 is 14.9 Å². The molecule has 1 aliphatic carbocycles. The van der Waals surface area contributed by atoms with Crippen molar-refractivity contribution in [2.75, 3.05) is 13.7 Å². The van der Waals surface area contributed by atoms with Gasteiger partial charge in [-0.3, -0.25) is 4.79 Å². The Morgan fingerprint density at radius 1 is 1.36 bits per heavy atom. The van der Waals surface area contributed by atoms with E-state index in [4.69, 9.17) is 14.6 Å². The molecule has 1 amide bonds. The van der Waals surface area contributed by atoms with Gasteiger partial charge in [-0.2, -0.15) is 5.10 Å². The highest BCUT2D eigenvalue weighted by Crippen LogP contribution is 2.29. The van der Waals surface area contributed by atoms with Gasteiger partial charge in [-0.25, -0.2) is 10.2 Å². The van der Waals surface area contributed by atoms with Gasteiger partial charge in [0.15, 0.2) is 18.1 Å². The fourth-order valence-electron chi connectivity index (χ4n) is 1.79. The lowest BCUT2D eigenvalue weighted by Gasteiger charge is -2.11. The van der Waals surface area contributed by atoms with E-state index in [1.165, 1.54) is 7.11 Å². The number of rotatable bonds is 7. The summed E-state index contributed by atoms with van der Waals surface area (Å²) in [6.07, 6.45) is 1.84. The zero-order valence-electron chi connectivity index (χ0n) is 12.5. The van der Waals surface area contributed by atoms with Gasteiger partial charge in [0.05, 0.1) is 12.8 Å². The zero-order valence-corrected chi connectivity index (χ0v) is 12.5. The molecule has 1 aliphatic rings. The lowest BCUT2D eigenvalue weighted by Crippen LogP contribution is -2.20. The molecule has 7 heteroatoms. The standard InChI is InChI=1S/C15H18N2O5/c1-9(16-17-15(20)10-3-4-10)11-5-6-12(13(7-11)21-2)22-8-14(18)19/h5-7,10H,3-4,8H2,1-2H3,(H,17,20)(H,18,19)/b16-9-. The lowest BCUT2D eigenvalue weighted by atomic mass is 10.1. The maximum Gasteiger partial charge on any atom is 0.341 e. The predicted molar refractivity (Wildman–Crippen MR) is 79.2 cm³/mol. The zero-order chi connectivity index (χ0) is 16.1. The Balaban J connectivity index is 2.08. The summed E-state index contributed by atoms with van der Waals surface area (Å²) in [6.45, 7) is 1.32. The van der Waals surface area contributed by atoms with Gasteiger partial charge in [0, 0.05) is 11.5 Å². The second-order valence-corrected chi connectivity index (χ2v) is 5.00. The molecule has 0 unspecified atom stereocenters. The average Bonchev–Trinajstić information content (AvgIpc) is 3.34. The SMILES string of the molecule is COc1cc(/C(C)=N\NC(=O)C2CC2)ccc1OCC(=O)O. The van der Waals surface area contributed by atoms with Crippen LogP contribution in [0, 0.1) is 5.92 Å². The molecule has 0 aliphatic heterocycles. The quantitative estimate of drug-likeness (QED) is 0.586. The summed E-state index contributed by atoms with van der Waals surface area (Å²) in [4.78, 5) is 22.1. The highest BCUT2D eigenvalue weighted by Gasteiger charge is 2.29. The monoisotopic (exact) mass is 306 g/mol. The second-order valence-electron chi connectivity index (χ2n) is 5.00. The number of methoxy groups -OCH3 is 1. The van der Waals surface area contributed by atoms with Crippen LogP contribution in [-0.2, 0) is 9.59 Å². The summed E-state index contributed by atoms with van der Waals surface area (Å²) in [5, 5.41) is 12.7. The molecule has 0 aromatic heterocycles. The van der Waals surface area contributed by atoms with Crippen molar-refractivity contribution in [2.45, 2.75) is 19.8 Å². The molecule has 118 valence electrons. The number of hydrogen-bond donors (Lipinski definition) is 2. The molecule has 0 radical (unpaired) electrons. The molecule has 22 heavy (non-hydrogen) atoms. The molecule has 7 nitrogen and oxygen atoms in total. The smallest absolute Gasteiger partial charge is 0.341 e. The Bertz CT molecular complexity index is 608. The van der Waals surface area contributed by atoms with Crippen LogP contribution in [0.25, 0.3) is 0 Å². The third kappa shape index (κ3) is 4.21. The average molecular weight is 306 g/mol. The highest BCUT2D eigenvalue weighted by atomic mass is 16.5. The number of nitrogens with zero attached hydrogens (tertiary/aromatic N) is 1. The van der Waals surface area contributed by atoms with Crippen molar-refractivity contribution in [3.8, 4) is 11.5 Å². The number of nitrogens with one attached hydrogen (secondary N) is 1. The number of carboxylic acids is 1. The van der Waals surface area contributed by atoms with Crippen molar-refractivity contribution < 1.29 is 24.2 Å². The van der Waals surface area contributed by atoms with E-state index in [0.29, 0.717) is 17.2 Å². The first kappa shape index (κ1) is 15.8. The number of carboxylic acid groups (broad SMARTS) is 1. The molecule has 2 rings (SSSR count). The maximum atomic E-state index is 11.5. The van der Waals surface area contributed by atoms with Gasteiger partial charge >= 0.3 is 5.97 Å². The van der Waals surface area contributed by atoms with Crippen LogP contribution in [-0.4, -0.2) is 36.4 Å². The summed E-state index contributed by atoms with van der Waals surface area (Å²) in [6, 6.07) is 5.01. The van der Waals surface area contributed by atoms with Crippen LogP contribution in [0.15, 0.2) is 23.3 Å². The fourth-order valence-corrected chi connectivity index (χ4v) is 1.79. The van der Waals surface area contributed by atoms with Crippen molar-refractivity contribution in [1.29, 1.82) is 0 Å². The Hall–Kier alpha value is -2.57. The van der Waals surface area contributed by atoms with Crippen molar-refractivity contribution in [3.05, 3.63) is 23.8 Å². The summed E-state index contributed by atoms with van der Waals surface area (Å²) in [7, 11) is 1.47. The van der Waals surface area contributed by atoms with Crippen LogP contribution in [0.4, 0.5) is 0 Å². The molecule has 0 atom stereocenters. The van der Waals surface area contributed by atoms with E-state index in [2.05, 4.69) is 10.5 Å².